The van der Waals surface area contributed by atoms with Crippen LogP contribution in [-0.4, -0.2) is 57.4 Å². The molecule has 1 aromatic rings. The minimum absolute atomic E-state index is 0.0343. The fourth-order valence-corrected chi connectivity index (χ4v) is 3.90. The number of carbonyl (C=O) groups is 1. The van der Waals surface area contributed by atoms with Gasteiger partial charge < -0.3 is 21.3 Å². The molecule has 7 nitrogen and oxygen atoms in total. The Morgan fingerprint density at radius 1 is 1.36 bits per heavy atom. The lowest BCUT2D eigenvalue weighted by atomic mass is 10.2. The molecule has 1 saturated heterocycles. The van der Waals surface area contributed by atoms with Gasteiger partial charge in [-0.25, -0.2) is 13.2 Å². The van der Waals surface area contributed by atoms with Gasteiger partial charge in [-0.2, -0.15) is 0 Å². The molecule has 25 heavy (non-hydrogen) atoms. The predicted octanol–water partition coefficient (Wildman–Crippen LogP) is 0.695. The number of aryl methyl sites for hydroxylation is 1. The van der Waals surface area contributed by atoms with Gasteiger partial charge in [-0.15, -0.1) is 0 Å². The number of rotatable bonds is 7. The van der Waals surface area contributed by atoms with Crippen molar-refractivity contribution in [1.29, 1.82) is 0 Å². The molecule has 2 atom stereocenters. The molecule has 1 aliphatic heterocycles. The summed E-state index contributed by atoms with van der Waals surface area (Å²) in [5, 5.41) is 5.30. The SMILES string of the molecule is Cc1ccc(S(=O)(=O)CNC(=O)N[C@@H]2CCN(C[C@H](C)CN)C2)cc1. The minimum Gasteiger partial charge on any atom is -0.334 e. The average molecular weight is 369 g/mol. The quantitative estimate of drug-likeness (QED) is 0.657. The molecule has 0 spiro atoms. The van der Waals surface area contributed by atoms with Crippen molar-refractivity contribution in [2.75, 3.05) is 32.1 Å². The van der Waals surface area contributed by atoms with Gasteiger partial charge in [0.15, 0.2) is 9.84 Å². The van der Waals surface area contributed by atoms with E-state index in [0.717, 1.165) is 31.6 Å². The number of likely N-dealkylation sites (tertiary alicyclic amines) is 1. The first-order valence-electron chi connectivity index (χ1n) is 8.56. The van der Waals surface area contributed by atoms with Crippen molar-refractivity contribution < 1.29 is 13.2 Å². The molecule has 2 rings (SSSR count). The highest BCUT2D eigenvalue weighted by Crippen LogP contribution is 2.12. The molecular weight excluding hydrogens is 340 g/mol. The van der Waals surface area contributed by atoms with Crippen LogP contribution in [0, 0.1) is 12.8 Å². The number of urea groups is 1. The van der Waals surface area contributed by atoms with Crippen LogP contribution in [0.25, 0.3) is 0 Å². The number of hydrogen-bond donors (Lipinski definition) is 3. The number of nitrogens with zero attached hydrogens (tertiary/aromatic N) is 1. The maximum absolute atomic E-state index is 12.2. The standard InChI is InChI=1S/C17H28N4O3S/c1-13-3-5-16(6-4-13)25(23,24)12-19-17(22)20-15-7-8-21(11-15)10-14(2)9-18/h3-6,14-15H,7-12,18H2,1-2H3,(H2,19,20,22)/t14-,15-/m1/s1. The molecule has 0 unspecified atom stereocenters. The van der Waals surface area contributed by atoms with Gasteiger partial charge in [0.25, 0.3) is 0 Å². The van der Waals surface area contributed by atoms with E-state index >= 15 is 0 Å². The van der Waals surface area contributed by atoms with Crippen molar-refractivity contribution in [3.05, 3.63) is 29.8 Å². The van der Waals surface area contributed by atoms with Gasteiger partial charge in [0.05, 0.1) is 4.90 Å². The number of amides is 2. The fraction of sp³-hybridized carbons (Fsp3) is 0.588. The highest BCUT2D eigenvalue weighted by Gasteiger charge is 2.25. The molecular formula is C17H28N4O3S. The summed E-state index contributed by atoms with van der Waals surface area (Å²) in [6.45, 7) is 7.23. The molecule has 0 bridgehead atoms. The Balaban J connectivity index is 1.78. The molecule has 4 N–H and O–H groups in total. The van der Waals surface area contributed by atoms with Gasteiger partial charge in [0, 0.05) is 25.7 Å². The zero-order chi connectivity index (χ0) is 18.4. The Morgan fingerprint density at radius 3 is 2.68 bits per heavy atom. The minimum atomic E-state index is -3.53. The normalized spacial score (nSPS) is 19.6. The largest absolute Gasteiger partial charge is 0.334 e. The summed E-state index contributed by atoms with van der Waals surface area (Å²) in [7, 11) is -3.53. The van der Waals surface area contributed by atoms with Crippen molar-refractivity contribution in [2.24, 2.45) is 11.7 Å². The van der Waals surface area contributed by atoms with Crippen LogP contribution < -0.4 is 16.4 Å². The lowest BCUT2D eigenvalue weighted by Gasteiger charge is -2.20. The summed E-state index contributed by atoms with van der Waals surface area (Å²) in [4.78, 5) is 14.5. The van der Waals surface area contributed by atoms with Gasteiger partial charge in [0.2, 0.25) is 0 Å². The predicted molar refractivity (Wildman–Crippen MR) is 98.0 cm³/mol. The number of sulfone groups is 1. The average Bonchev–Trinajstić information content (AvgIpc) is 3.00. The van der Waals surface area contributed by atoms with E-state index in [1.165, 1.54) is 0 Å². The number of hydrogen-bond acceptors (Lipinski definition) is 5. The van der Waals surface area contributed by atoms with Gasteiger partial charge in [-0.05, 0) is 37.9 Å². The van der Waals surface area contributed by atoms with E-state index in [9.17, 15) is 13.2 Å². The van der Waals surface area contributed by atoms with Crippen molar-refractivity contribution in [3.63, 3.8) is 0 Å². The summed E-state index contributed by atoms with van der Waals surface area (Å²) < 4.78 is 24.5. The number of nitrogens with two attached hydrogens (primary N) is 1. The summed E-state index contributed by atoms with van der Waals surface area (Å²) in [5.74, 6) is 0.00921. The van der Waals surface area contributed by atoms with Crippen LogP contribution in [0.15, 0.2) is 29.2 Å². The molecule has 0 aromatic heterocycles. The topological polar surface area (TPSA) is 105 Å². The van der Waals surface area contributed by atoms with Crippen molar-refractivity contribution in [3.8, 4) is 0 Å². The molecule has 2 amide bonds. The van der Waals surface area contributed by atoms with Crippen LogP contribution in [0.4, 0.5) is 4.79 Å². The Labute approximate surface area is 149 Å². The second kappa shape index (κ2) is 8.64. The van der Waals surface area contributed by atoms with E-state index in [4.69, 9.17) is 5.73 Å². The van der Waals surface area contributed by atoms with Crippen LogP contribution in [0.1, 0.15) is 18.9 Å². The first kappa shape index (κ1) is 19.7. The van der Waals surface area contributed by atoms with Crippen LogP contribution in [0.3, 0.4) is 0 Å². The van der Waals surface area contributed by atoms with Crippen LogP contribution in [0.5, 0.6) is 0 Å². The molecule has 0 aliphatic carbocycles. The van der Waals surface area contributed by atoms with Gasteiger partial charge in [-0.3, -0.25) is 0 Å². The lowest BCUT2D eigenvalue weighted by molar-refractivity contribution is 0.236. The first-order chi connectivity index (χ1) is 11.8. The second-order valence-electron chi connectivity index (χ2n) is 6.81. The fourth-order valence-electron chi connectivity index (χ4n) is 2.86. The molecule has 1 fully saturated rings. The number of carbonyl (C=O) groups excluding carboxylic acids is 1. The summed E-state index contributed by atoms with van der Waals surface area (Å²) in [6, 6.07) is 6.17. The summed E-state index contributed by atoms with van der Waals surface area (Å²) in [6.07, 6.45) is 0.857. The van der Waals surface area contributed by atoms with E-state index in [2.05, 4.69) is 22.5 Å². The summed E-state index contributed by atoms with van der Waals surface area (Å²) in [5.41, 5.74) is 6.62. The first-order valence-corrected chi connectivity index (χ1v) is 10.2. The van der Waals surface area contributed by atoms with E-state index in [0.29, 0.717) is 12.5 Å². The molecule has 140 valence electrons. The zero-order valence-electron chi connectivity index (χ0n) is 14.9. The van der Waals surface area contributed by atoms with Crippen LogP contribution >= 0.6 is 0 Å². The van der Waals surface area contributed by atoms with Crippen LogP contribution in [-0.2, 0) is 9.84 Å². The third-order valence-corrected chi connectivity index (χ3v) is 5.90. The second-order valence-corrected chi connectivity index (χ2v) is 8.80. The maximum Gasteiger partial charge on any atom is 0.315 e. The Bertz CT molecular complexity index is 676. The zero-order valence-corrected chi connectivity index (χ0v) is 15.7. The Kier molecular flexibility index (Phi) is 6.80. The van der Waals surface area contributed by atoms with E-state index in [1.807, 2.05) is 6.92 Å². The van der Waals surface area contributed by atoms with Crippen molar-refractivity contribution in [1.82, 2.24) is 15.5 Å². The van der Waals surface area contributed by atoms with E-state index < -0.39 is 21.7 Å². The third kappa shape index (κ3) is 5.98. The highest BCUT2D eigenvalue weighted by atomic mass is 32.2. The monoisotopic (exact) mass is 368 g/mol. The number of benzene rings is 1. The molecule has 0 radical (unpaired) electrons. The summed E-state index contributed by atoms with van der Waals surface area (Å²) >= 11 is 0. The highest BCUT2D eigenvalue weighted by molar-refractivity contribution is 7.91. The molecule has 1 heterocycles. The Hall–Kier alpha value is -1.64. The third-order valence-electron chi connectivity index (χ3n) is 4.38. The van der Waals surface area contributed by atoms with Crippen LogP contribution in [0.2, 0.25) is 0 Å². The lowest BCUT2D eigenvalue weighted by Crippen LogP contribution is -2.45. The Morgan fingerprint density at radius 2 is 2.04 bits per heavy atom. The van der Waals surface area contributed by atoms with Crippen molar-refractivity contribution >= 4 is 15.9 Å². The maximum atomic E-state index is 12.2. The van der Waals surface area contributed by atoms with E-state index in [1.54, 1.807) is 24.3 Å². The van der Waals surface area contributed by atoms with E-state index in [-0.39, 0.29) is 10.9 Å². The van der Waals surface area contributed by atoms with Gasteiger partial charge in [-0.1, -0.05) is 24.6 Å². The molecule has 1 aromatic carbocycles. The van der Waals surface area contributed by atoms with Gasteiger partial charge in [0.1, 0.15) is 5.88 Å². The van der Waals surface area contributed by atoms with Crippen molar-refractivity contribution in [2.45, 2.75) is 31.2 Å². The van der Waals surface area contributed by atoms with Gasteiger partial charge >= 0.3 is 6.03 Å². The number of nitrogens with one attached hydrogen (secondary N) is 2. The molecule has 1 aliphatic rings. The molecule has 8 heteroatoms. The molecule has 0 saturated carbocycles. The smallest absolute Gasteiger partial charge is 0.315 e.